The Balaban J connectivity index is 0.00000176. The maximum Gasteiger partial charge on any atom is 1.00 e. The van der Waals surface area contributed by atoms with E-state index in [1.807, 2.05) is 12.1 Å². The number of carbonyl (C=O) groups excluding carboxylic acids is 1. The van der Waals surface area contributed by atoms with Crippen molar-refractivity contribution in [2.75, 3.05) is 0 Å². The van der Waals surface area contributed by atoms with E-state index in [0.717, 1.165) is 5.52 Å². The number of nitrogens with one attached hydrogen (secondary N) is 1. The van der Waals surface area contributed by atoms with Gasteiger partial charge in [0.1, 0.15) is 0 Å². The first kappa shape index (κ1) is 16.7. The number of aromatic amines is 1. The molecule has 1 aromatic heterocycles. The molecule has 0 saturated carbocycles. The third kappa shape index (κ3) is 3.08. The number of hydrogen-bond acceptors (Lipinski definition) is 4. The van der Waals surface area contributed by atoms with Crippen molar-refractivity contribution in [2.45, 2.75) is 12.5 Å². The average molecular weight is 304 g/mol. The second kappa shape index (κ2) is 6.62. The molecule has 3 aromatic rings. The SMILES string of the molecule is NC(Cc1ccc2[nH]c3ccccc3c(=O)c2c1)C(=O)[O-].[Na+]. The summed E-state index contributed by atoms with van der Waals surface area (Å²) >= 11 is 0. The fourth-order valence-electron chi connectivity index (χ4n) is 2.43. The van der Waals surface area contributed by atoms with E-state index in [1.54, 1.807) is 30.3 Å². The third-order valence-electron chi connectivity index (χ3n) is 3.53. The summed E-state index contributed by atoms with van der Waals surface area (Å²) in [6, 6.07) is 11.4. The van der Waals surface area contributed by atoms with Gasteiger partial charge in [0.05, 0.1) is 5.97 Å². The van der Waals surface area contributed by atoms with Crippen molar-refractivity contribution < 1.29 is 39.5 Å². The Morgan fingerprint density at radius 1 is 1.14 bits per heavy atom. The van der Waals surface area contributed by atoms with Crippen molar-refractivity contribution in [3.05, 3.63) is 58.3 Å². The summed E-state index contributed by atoms with van der Waals surface area (Å²) in [6.45, 7) is 0. The fraction of sp³-hybridized carbons (Fsp3) is 0.125. The Kier molecular flexibility index (Phi) is 5.03. The molecule has 1 atom stereocenters. The first-order chi connectivity index (χ1) is 10.1. The van der Waals surface area contributed by atoms with Gasteiger partial charge < -0.3 is 20.6 Å². The van der Waals surface area contributed by atoms with Crippen molar-refractivity contribution in [3.8, 4) is 0 Å². The molecule has 0 saturated heterocycles. The number of carboxylic acid groups (broad SMARTS) is 1. The molecule has 0 aliphatic rings. The smallest absolute Gasteiger partial charge is 0.548 e. The molecule has 0 bridgehead atoms. The van der Waals surface area contributed by atoms with Crippen LogP contribution in [0.3, 0.4) is 0 Å². The van der Waals surface area contributed by atoms with E-state index < -0.39 is 12.0 Å². The van der Waals surface area contributed by atoms with Crippen LogP contribution in [0.1, 0.15) is 5.56 Å². The molecule has 0 aliphatic carbocycles. The van der Waals surface area contributed by atoms with Crippen molar-refractivity contribution in [3.63, 3.8) is 0 Å². The summed E-state index contributed by atoms with van der Waals surface area (Å²) in [5, 5.41) is 11.8. The van der Waals surface area contributed by atoms with Crippen LogP contribution in [0.2, 0.25) is 0 Å². The van der Waals surface area contributed by atoms with Gasteiger partial charge in [-0.2, -0.15) is 0 Å². The second-order valence-corrected chi connectivity index (χ2v) is 5.01. The molecule has 1 unspecified atom stereocenters. The molecule has 0 fully saturated rings. The number of carbonyl (C=O) groups is 1. The van der Waals surface area contributed by atoms with Gasteiger partial charge in [-0.15, -0.1) is 0 Å². The molecule has 5 nitrogen and oxygen atoms in total. The van der Waals surface area contributed by atoms with E-state index in [4.69, 9.17) is 5.73 Å². The van der Waals surface area contributed by atoms with E-state index in [-0.39, 0.29) is 41.4 Å². The summed E-state index contributed by atoms with van der Waals surface area (Å²) in [4.78, 5) is 26.4. The van der Waals surface area contributed by atoms with Crippen LogP contribution >= 0.6 is 0 Å². The molecule has 6 heteroatoms. The van der Waals surface area contributed by atoms with E-state index in [1.165, 1.54) is 0 Å². The Morgan fingerprint density at radius 2 is 1.82 bits per heavy atom. The number of carboxylic acids is 1. The van der Waals surface area contributed by atoms with Crippen LogP contribution in [0, 0.1) is 0 Å². The maximum atomic E-state index is 12.5. The van der Waals surface area contributed by atoms with Gasteiger partial charge >= 0.3 is 29.6 Å². The fourth-order valence-corrected chi connectivity index (χ4v) is 2.43. The molecule has 0 aliphatic heterocycles. The van der Waals surface area contributed by atoms with Crippen LogP contribution in [0.5, 0.6) is 0 Å². The summed E-state index contributed by atoms with van der Waals surface area (Å²) in [5.41, 5.74) is 7.57. The number of H-pyrrole nitrogens is 1. The number of fused-ring (bicyclic) bond motifs is 2. The zero-order valence-corrected chi connectivity index (χ0v) is 14.1. The molecule has 22 heavy (non-hydrogen) atoms. The van der Waals surface area contributed by atoms with Gasteiger partial charge in [-0.1, -0.05) is 18.2 Å². The normalized spacial score (nSPS) is 12.0. The van der Waals surface area contributed by atoms with Gasteiger partial charge in [0, 0.05) is 27.8 Å². The number of para-hydroxylation sites is 1. The number of rotatable bonds is 3. The minimum atomic E-state index is -1.30. The minimum Gasteiger partial charge on any atom is -0.548 e. The summed E-state index contributed by atoms with van der Waals surface area (Å²) in [7, 11) is 0. The number of benzene rings is 2. The van der Waals surface area contributed by atoms with Gasteiger partial charge in [-0.05, 0) is 36.2 Å². The van der Waals surface area contributed by atoms with Crippen molar-refractivity contribution in [1.29, 1.82) is 0 Å². The van der Waals surface area contributed by atoms with Gasteiger partial charge in [0.2, 0.25) is 0 Å². The van der Waals surface area contributed by atoms with Gasteiger partial charge in [0.25, 0.3) is 0 Å². The Morgan fingerprint density at radius 3 is 2.55 bits per heavy atom. The molecule has 0 radical (unpaired) electrons. The molecule has 0 amide bonds. The van der Waals surface area contributed by atoms with Crippen LogP contribution in [0.25, 0.3) is 21.8 Å². The number of aromatic nitrogens is 1. The summed E-state index contributed by atoms with van der Waals surface area (Å²) < 4.78 is 0. The van der Waals surface area contributed by atoms with E-state index in [9.17, 15) is 14.7 Å². The number of nitrogens with two attached hydrogens (primary N) is 1. The summed E-state index contributed by atoms with van der Waals surface area (Å²) in [6.07, 6.45) is 0.130. The Labute approximate surface area is 148 Å². The van der Waals surface area contributed by atoms with Crippen LogP contribution in [0.15, 0.2) is 47.3 Å². The molecule has 3 N–H and O–H groups in total. The van der Waals surface area contributed by atoms with Gasteiger partial charge in [-0.25, -0.2) is 0 Å². The predicted octanol–water partition coefficient (Wildman–Crippen LogP) is -2.69. The molecule has 3 rings (SSSR count). The zero-order valence-electron chi connectivity index (χ0n) is 12.1. The quantitative estimate of drug-likeness (QED) is 0.406. The predicted molar refractivity (Wildman–Crippen MR) is 78.8 cm³/mol. The Hall–Kier alpha value is -1.66. The number of pyridine rings is 1. The third-order valence-corrected chi connectivity index (χ3v) is 3.53. The number of hydrogen-bond donors (Lipinski definition) is 2. The van der Waals surface area contributed by atoms with Gasteiger partial charge in [0.15, 0.2) is 5.43 Å². The minimum absolute atomic E-state index is 0. The average Bonchev–Trinajstić information content (AvgIpc) is 2.48. The van der Waals surface area contributed by atoms with Crippen molar-refractivity contribution >= 4 is 27.8 Å². The zero-order chi connectivity index (χ0) is 15.0. The van der Waals surface area contributed by atoms with E-state index in [2.05, 4.69) is 4.98 Å². The van der Waals surface area contributed by atoms with Crippen molar-refractivity contribution in [1.82, 2.24) is 4.98 Å². The Bertz CT molecular complexity index is 905. The first-order valence-electron chi connectivity index (χ1n) is 6.56. The molecule has 0 spiro atoms. The molecular formula is C16H13N2NaO3. The largest absolute Gasteiger partial charge is 1.00 e. The van der Waals surface area contributed by atoms with E-state index in [0.29, 0.717) is 21.9 Å². The van der Waals surface area contributed by atoms with Crippen molar-refractivity contribution in [2.24, 2.45) is 5.73 Å². The number of aliphatic carboxylic acids is 1. The van der Waals surface area contributed by atoms with Crippen LogP contribution in [-0.4, -0.2) is 17.0 Å². The van der Waals surface area contributed by atoms with Crippen LogP contribution < -0.4 is 45.8 Å². The first-order valence-corrected chi connectivity index (χ1v) is 6.56. The molecule has 2 aromatic carbocycles. The summed E-state index contributed by atoms with van der Waals surface area (Å²) in [5.74, 6) is -1.30. The van der Waals surface area contributed by atoms with Crippen LogP contribution in [0.4, 0.5) is 0 Å². The standard InChI is InChI=1S/C16H14N2O3.Na/c17-12(16(20)21)8-9-5-6-14-11(7-9)15(19)10-3-1-2-4-13(10)18-14;/h1-7,12H,8,17H2,(H,18,19)(H,20,21);/q;+1/p-1. The maximum absolute atomic E-state index is 12.5. The molecule has 1 heterocycles. The second-order valence-electron chi connectivity index (χ2n) is 5.01. The molecular weight excluding hydrogens is 291 g/mol. The van der Waals surface area contributed by atoms with Gasteiger partial charge in [-0.3, -0.25) is 4.79 Å². The van der Waals surface area contributed by atoms with Crippen LogP contribution in [-0.2, 0) is 11.2 Å². The monoisotopic (exact) mass is 304 g/mol. The topological polar surface area (TPSA) is 99.0 Å². The molecule has 106 valence electrons. The van der Waals surface area contributed by atoms with E-state index >= 15 is 0 Å².